The molecular formula is C13H10BrN3O3. The fourth-order valence-electron chi connectivity index (χ4n) is 1.90. The Kier molecular flexibility index (Phi) is 3.77. The molecule has 0 spiro atoms. The van der Waals surface area contributed by atoms with Crippen LogP contribution in [0.2, 0.25) is 0 Å². The predicted molar refractivity (Wildman–Crippen MR) is 76.1 cm³/mol. The minimum Gasteiger partial charge on any atom is -0.494 e. The van der Waals surface area contributed by atoms with Crippen LogP contribution in [0.5, 0.6) is 5.88 Å². The number of aromatic amines is 1. The molecule has 2 aromatic rings. The van der Waals surface area contributed by atoms with Crippen molar-refractivity contribution in [2.45, 2.75) is 13.3 Å². The maximum atomic E-state index is 11.9. The van der Waals surface area contributed by atoms with E-state index < -0.39 is 17.1 Å². The molecule has 0 aliphatic heterocycles. The lowest BCUT2D eigenvalue weighted by Crippen LogP contribution is -2.31. The average Bonchev–Trinajstić information content (AvgIpc) is 2.40. The summed E-state index contributed by atoms with van der Waals surface area (Å²) in [6.07, 6.45) is 0.264. The fraction of sp³-hybridized carbons (Fsp3) is 0.154. The third-order valence-electron chi connectivity index (χ3n) is 2.85. The van der Waals surface area contributed by atoms with Crippen molar-refractivity contribution in [3.63, 3.8) is 0 Å². The van der Waals surface area contributed by atoms with Gasteiger partial charge in [0.05, 0.1) is 16.8 Å². The van der Waals surface area contributed by atoms with Crippen LogP contribution in [0.25, 0.3) is 5.69 Å². The quantitative estimate of drug-likeness (QED) is 0.867. The molecule has 0 radical (unpaired) electrons. The molecule has 0 aliphatic rings. The molecule has 0 aliphatic carbocycles. The second-order valence-electron chi connectivity index (χ2n) is 4.02. The molecule has 0 amide bonds. The Hall–Kier alpha value is -2.33. The lowest BCUT2D eigenvalue weighted by Gasteiger charge is -2.12. The van der Waals surface area contributed by atoms with E-state index in [-0.39, 0.29) is 23.2 Å². The molecule has 0 unspecified atom stereocenters. The molecule has 0 saturated carbocycles. The van der Waals surface area contributed by atoms with Gasteiger partial charge in [-0.25, -0.2) is 9.36 Å². The zero-order chi connectivity index (χ0) is 14.9. The van der Waals surface area contributed by atoms with Crippen molar-refractivity contribution in [1.82, 2.24) is 9.55 Å². The zero-order valence-corrected chi connectivity index (χ0v) is 12.1. The van der Waals surface area contributed by atoms with Crippen LogP contribution in [-0.4, -0.2) is 14.7 Å². The smallest absolute Gasteiger partial charge is 0.335 e. The molecular weight excluding hydrogens is 326 g/mol. The van der Waals surface area contributed by atoms with E-state index in [4.69, 9.17) is 5.26 Å². The van der Waals surface area contributed by atoms with Gasteiger partial charge in [0, 0.05) is 4.47 Å². The second kappa shape index (κ2) is 5.35. The molecule has 7 heteroatoms. The molecule has 2 rings (SSSR count). The van der Waals surface area contributed by atoms with Crippen molar-refractivity contribution >= 4 is 15.9 Å². The first-order chi connectivity index (χ1) is 9.49. The van der Waals surface area contributed by atoms with Crippen LogP contribution in [0.4, 0.5) is 0 Å². The SMILES string of the molecule is CCc1c(O)n(-c2ccc(Br)cc2C#N)c(=O)[nH]c1=O. The second-order valence-corrected chi connectivity index (χ2v) is 4.94. The Morgan fingerprint density at radius 3 is 2.75 bits per heavy atom. The van der Waals surface area contributed by atoms with Gasteiger partial charge in [-0.15, -0.1) is 0 Å². The third-order valence-corrected chi connectivity index (χ3v) is 3.35. The van der Waals surface area contributed by atoms with E-state index in [9.17, 15) is 14.7 Å². The van der Waals surface area contributed by atoms with E-state index in [1.54, 1.807) is 13.0 Å². The van der Waals surface area contributed by atoms with Crippen molar-refractivity contribution < 1.29 is 5.11 Å². The molecule has 102 valence electrons. The Bertz CT molecular complexity index is 830. The summed E-state index contributed by atoms with van der Waals surface area (Å²) in [4.78, 5) is 25.6. The van der Waals surface area contributed by atoms with E-state index in [0.717, 1.165) is 4.57 Å². The molecule has 0 fully saturated rings. The first-order valence-electron chi connectivity index (χ1n) is 5.76. The topological polar surface area (TPSA) is 98.9 Å². The first kappa shape index (κ1) is 14.1. The van der Waals surface area contributed by atoms with Gasteiger partial charge in [0.25, 0.3) is 5.56 Å². The summed E-state index contributed by atoms with van der Waals surface area (Å²) in [6.45, 7) is 1.69. The lowest BCUT2D eigenvalue weighted by molar-refractivity contribution is 0.423. The van der Waals surface area contributed by atoms with Gasteiger partial charge in [-0.2, -0.15) is 5.26 Å². The number of nitrogens with one attached hydrogen (secondary N) is 1. The highest BCUT2D eigenvalue weighted by Gasteiger charge is 2.16. The number of hydrogen-bond donors (Lipinski definition) is 2. The number of aromatic hydroxyl groups is 1. The minimum absolute atomic E-state index is 0.0939. The lowest BCUT2D eigenvalue weighted by atomic mass is 10.2. The highest BCUT2D eigenvalue weighted by molar-refractivity contribution is 9.10. The number of H-pyrrole nitrogens is 1. The first-order valence-corrected chi connectivity index (χ1v) is 6.56. The van der Waals surface area contributed by atoms with Gasteiger partial charge in [-0.3, -0.25) is 9.78 Å². The predicted octanol–water partition coefficient (Wildman–Crippen LogP) is 1.43. The van der Waals surface area contributed by atoms with Gasteiger partial charge in [0.2, 0.25) is 5.88 Å². The van der Waals surface area contributed by atoms with E-state index in [1.165, 1.54) is 12.1 Å². The Morgan fingerprint density at radius 2 is 2.15 bits per heavy atom. The highest BCUT2D eigenvalue weighted by Crippen LogP contribution is 2.22. The van der Waals surface area contributed by atoms with Gasteiger partial charge in [0.1, 0.15) is 6.07 Å². The van der Waals surface area contributed by atoms with E-state index in [1.807, 2.05) is 6.07 Å². The molecule has 2 N–H and O–H groups in total. The molecule has 6 nitrogen and oxygen atoms in total. The molecule has 1 heterocycles. The Labute approximate surface area is 122 Å². The van der Waals surface area contributed by atoms with Gasteiger partial charge in [-0.05, 0) is 24.6 Å². The third kappa shape index (κ3) is 2.26. The number of halogens is 1. The number of nitriles is 1. The van der Waals surface area contributed by atoms with Gasteiger partial charge >= 0.3 is 5.69 Å². The molecule has 0 bridgehead atoms. The number of benzene rings is 1. The van der Waals surface area contributed by atoms with Crippen molar-refractivity contribution in [3.8, 4) is 17.6 Å². The van der Waals surface area contributed by atoms with Gasteiger partial charge < -0.3 is 5.11 Å². The molecule has 1 aromatic heterocycles. The van der Waals surface area contributed by atoms with Crippen molar-refractivity contribution in [2.75, 3.05) is 0 Å². The van der Waals surface area contributed by atoms with E-state index >= 15 is 0 Å². The monoisotopic (exact) mass is 335 g/mol. The van der Waals surface area contributed by atoms with Crippen LogP contribution >= 0.6 is 15.9 Å². The highest BCUT2D eigenvalue weighted by atomic mass is 79.9. The van der Waals surface area contributed by atoms with Crippen LogP contribution in [0, 0.1) is 11.3 Å². The van der Waals surface area contributed by atoms with Crippen LogP contribution < -0.4 is 11.2 Å². The maximum Gasteiger partial charge on any atom is 0.335 e. The van der Waals surface area contributed by atoms with Crippen LogP contribution in [-0.2, 0) is 6.42 Å². The summed E-state index contributed by atoms with van der Waals surface area (Å²) in [5.41, 5.74) is -0.906. The van der Waals surface area contributed by atoms with E-state index in [0.29, 0.717) is 4.47 Å². The zero-order valence-electron chi connectivity index (χ0n) is 10.5. The molecule has 0 saturated heterocycles. The number of hydrogen-bond acceptors (Lipinski definition) is 4. The summed E-state index contributed by atoms with van der Waals surface area (Å²) in [5.74, 6) is -0.444. The molecule has 20 heavy (non-hydrogen) atoms. The maximum absolute atomic E-state index is 11.9. The van der Waals surface area contributed by atoms with E-state index in [2.05, 4.69) is 20.9 Å². The fourth-order valence-corrected chi connectivity index (χ4v) is 2.26. The van der Waals surface area contributed by atoms with Crippen molar-refractivity contribution in [1.29, 1.82) is 5.26 Å². The standard InChI is InChI=1S/C13H10BrN3O3/c1-2-9-11(18)16-13(20)17(12(9)19)10-4-3-8(14)5-7(10)6-15/h3-5,19H,2H2,1H3,(H,16,18,20). The minimum atomic E-state index is -0.788. The average molecular weight is 336 g/mol. The van der Waals surface area contributed by atoms with Crippen LogP contribution in [0.15, 0.2) is 32.3 Å². The van der Waals surface area contributed by atoms with Crippen molar-refractivity contribution in [3.05, 3.63) is 54.6 Å². The van der Waals surface area contributed by atoms with Crippen LogP contribution in [0.1, 0.15) is 18.1 Å². The van der Waals surface area contributed by atoms with Gasteiger partial charge in [0.15, 0.2) is 0 Å². The largest absolute Gasteiger partial charge is 0.494 e. The Balaban J connectivity index is 2.88. The van der Waals surface area contributed by atoms with Gasteiger partial charge in [-0.1, -0.05) is 22.9 Å². The summed E-state index contributed by atoms with van der Waals surface area (Å²) in [7, 11) is 0. The normalized spacial score (nSPS) is 10.2. The number of rotatable bonds is 2. The molecule has 1 aromatic carbocycles. The number of nitrogens with zero attached hydrogens (tertiary/aromatic N) is 2. The summed E-state index contributed by atoms with van der Waals surface area (Å²) < 4.78 is 1.59. The summed E-state index contributed by atoms with van der Waals surface area (Å²) in [6, 6.07) is 6.63. The Morgan fingerprint density at radius 1 is 1.45 bits per heavy atom. The summed E-state index contributed by atoms with van der Waals surface area (Å²) >= 11 is 3.23. The van der Waals surface area contributed by atoms with Crippen molar-refractivity contribution in [2.24, 2.45) is 0 Å². The van der Waals surface area contributed by atoms with Crippen LogP contribution in [0.3, 0.4) is 0 Å². The summed E-state index contributed by atoms with van der Waals surface area (Å²) in [5, 5.41) is 19.2. The number of aromatic nitrogens is 2. The molecule has 0 atom stereocenters.